The van der Waals surface area contributed by atoms with Crippen LogP contribution in [0.25, 0.3) is 0 Å². The lowest BCUT2D eigenvalue weighted by Crippen LogP contribution is -2.57. The zero-order chi connectivity index (χ0) is 34.0. The van der Waals surface area contributed by atoms with Crippen LogP contribution >= 0.6 is 0 Å². The quantitative estimate of drug-likeness (QED) is 0.114. The summed E-state index contributed by atoms with van der Waals surface area (Å²) in [5.74, 6) is -0.0445. The fourth-order valence-corrected chi connectivity index (χ4v) is 7.62. The van der Waals surface area contributed by atoms with Gasteiger partial charge in [0.25, 0.3) is 0 Å². The summed E-state index contributed by atoms with van der Waals surface area (Å²) >= 11 is 0. The number of hydrogen-bond acceptors (Lipinski definition) is 7. The third-order valence-corrected chi connectivity index (χ3v) is 11.1. The van der Waals surface area contributed by atoms with Crippen molar-refractivity contribution in [2.24, 2.45) is 23.7 Å². The molecular formula is C37H61N2O7+. The Kier molecular flexibility index (Phi) is 11.9. The van der Waals surface area contributed by atoms with Gasteiger partial charge in [0.2, 0.25) is 0 Å². The smallest absolute Gasteiger partial charge is 0.411 e. The number of fused-ring (bicyclic) bond motifs is 2. The van der Waals surface area contributed by atoms with Crippen LogP contribution in [0.1, 0.15) is 87.0 Å². The Bertz CT molecular complexity index is 1160. The Morgan fingerprint density at radius 1 is 1.26 bits per heavy atom. The van der Waals surface area contributed by atoms with E-state index in [9.17, 15) is 19.8 Å². The van der Waals surface area contributed by atoms with E-state index >= 15 is 0 Å². The van der Waals surface area contributed by atoms with E-state index in [1.54, 1.807) is 13.0 Å². The highest BCUT2D eigenvalue weighted by Gasteiger charge is 2.53. The van der Waals surface area contributed by atoms with Gasteiger partial charge < -0.3 is 28.9 Å². The van der Waals surface area contributed by atoms with Crippen molar-refractivity contribution in [2.75, 3.05) is 27.2 Å². The first-order valence-corrected chi connectivity index (χ1v) is 17.6. The zero-order valence-electron chi connectivity index (χ0n) is 29.7. The van der Waals surface area contributed by atoms with Crippen LogP contribution in [0.15, 0.2) is 36.0 Å². The first-order valence-electron chi connectivity index (χ1n) is 17.6. The van der Waals surface area contributed by atoms with Gasteiger partial charge >= 0.3 is 12.1 Å². The van der Waals surface area contributed by atoms with Crippen molar-refractivity contribution in [3.05, 3.63) is 36.0 Å². The van der Waals surface area contributed by atoms with Gasteiger partial charge in [-0.2, -0.15) is 0 Å². The van der Waals surface area contributed by atoms with E-state index in [1.807, 2.05) is 50.8 Å². The minimum atomic E-state index is -1.28. The molecule has 0 radical (unpaired) electrons. The summed E-state index contributed by atoms with van der Waals surface area (Å²) in [4.78, 5) is 28.3. The number of ether oxygens (including phenoxy) is 3. The lowest BCUT2D eigenvalue weighted by Gasteiger charge is -2.39. The number of allylic oxidation sites excluding steroid dienone is 3. The number of likely N-dealkylation sites (N-methyl/N-ethyl adjacent to an activating group) is 1. The van der Waals surface area contributed by atoms with Crippen molar-refractivity contribution >= 4 is 12.1 Å². The van der Waals surface area contributed by atoms with E-state index in [0.29, 0.717) is 25.4 Å². The predicted octanol–water partition coefficient (Wildman–Crippen LogP) is 5.40. The standard InChI is InChI=1S/C37H61N2O7/c1-10-30(40)27(6)35-31(44-35)18-23(2)12-11-13-25(4)34-26(5)14-15-32(37(7,43)17-16-24(3)19-33(41)46-34)45-36(42)38-21-29-20-28(38)22-39(29,8)9/h11-15,23-24,26-32,34-35,40,43H,10,16-22H2,1-9H3/q+1/b12-11+,15-14+,25-13+/t23-,24-,26+,27-,28-,29-,30+,31-,32+,34-,35-,37-/m1/s1. The number of rotatable bonds is 9. The highest BCUT2D eigenvalue weighted by Crippen LogP contribution is 2.37. The molecule has 2 N–H and O–H groups in total. The van der Waals surface area contributed by atoms with Gasteiger partial charge in [-0.25, -0.2) is 4.79 Å². The number of amides is 1. The Hall–Kier alpha value is -2.20. The third-order valence-electron chi connectivity index (χ3n) is 11.1. The summed E-state index contributed by atoms with van der Waals surface area (Å²) in [6, 6.07) is 0.574. The van der Waals surface area contributed by atoms with Crippen molar-refractivity contribution < 1.29 is 38.5 Å². The molecule has 4 rings (SSSR count). The normalized spacial score (nSPS) is 39.2. The number of aliphatic hydroxyl groups excluding tert-OH is 1. The molecule has 4 aliphatic heterocycles. The second kappa shape index (κ2) is 14.9. The third kappa shape index (κ3) is 9.03. The molecule has 9 nitrogen and oxygen atoms in total. The number of quaternary nitrogens is 1. The topological polar surface area (TPSA) is 109 Å². The van der Waals surface area contributed by atoms with Crippen LogP contribution in [0.2, 0.25) is 0 Å². The van der Waals surface area contributed by atoms with Crippen LogP contribution in [0.3, 0.4) is 0 Å². The van der Waals surface area contributed by atoms with E-state index in [2.05, 4.69) is 34.0 Å². The minimum absolute atomic E-state index is 0.00339. The van der Waals surface area contributed by atoms with Crippen LogP contribution in [-0.2, 0) is 19.0 Å². The largest absolute Gasteiger partial charge is 0.457 e. The molecule has 0 aliphatic carbocycles. The molecule has 0 saturated carbocycles. The predicted molar refractivity (Wildman–Crippen MR) is 179 cm³/mol. The number of cyclic esters (lactones) is 1. The molecule has 1 amide bonds. The van der Waals surface area contributed by atoms with E-state index < -0.39 is 17.8 Å². The Morgan fingerprint density at radius 2 is 1.98 bits per heavy atom. The molecule has 4 heterocycles. The average Bonchev–Trinajstić information content (AvgIpc) is 3.50. The van der Waals surface area contributed by atoms with Gasteiger partial charge in [0, 0.05) is 24.7 Å². The molecule has 3 fully saturated rings. The van der Waals surface area contributed by atoms with Crippen LogP contribution < -0.4 is 0 Å². The molecule has 12 atom stereocenters. The highest BCUT2D eigenvalue weighted by molar-refractivity contribution is 5.70. The maximum atomic E-state index is 13.4. The molecule has 0 spiro atoms. The van der Waals surface area contributed by atoms with E-state index in [-0.39, 0.29) is 66.5 Å². The number of hydrogen-bond donors (Lipinski definition) is 2. The molecular weight excluding hydrogens is 584 g/mol. The summed E-state index contributed by atoms with van der Waals surface area (Å²) < 4.78 is 18.9. The van der Waals surface area contributed by atoms with Gasteiger partial charge in [-0.15, -0.1) is 0 Å². The summed E-state index contributed by atoms with van der Waals surface area (Å²) in [6.07, 6.45) is 12.0. The van der Waals surface area contributed by atoms with E-state index in [0.717, 1.165) is 35.9 Å². The van der Waals surface area contributed by atoms with E-state index in [4.69, 9.17) is 14.2 Å². The van der Waals surface area contributed by atoms with Crippen molar-refractivity contribution in [2.45, 2.75) is 135 Å². The molecule has 0 aromatic heterocycles. The minimum Gasteiger partial charge on any atom is -0.457 e. The molecule has 2 bridgehead atoms. The molecule has 9 heteroatoms. The number of epoxide rings is 1. The van der Waals surface area contributed by atoms with Crippen LogP contribution in [0, 0.1) is 23.7 Å². The lowest BCUT2D eigenvalue weighted by molar-refractivity contribution is -0.906. The SMILES string of the molecule is CC[C@H](O)[C@@H](C)[C@H]1O[C@@H]1C[C@H](C)/C=C/C=C(\C)[C@H]1OC(=O)C[C@H](C)CC[C@@](C)(O)[C@@H](OC(=O)N2C[C@H]3C[C@@H]2C[N+]3(C)C)/C=C/[C@@H]1C. The average molecular weight is 646 g/mol. The number of likely N-dealkylation sites (tertiary alicyclic amines) is 2. The van der Waals surface area contributed by atoms with Crippen molar-refractivity contribution in [1.82, 2.24) is 4.90 Å². The number of aliphatic hydroxyl groups is 2. The van der Waals surface area contributed by atoms with Gasteiger partial charge in [0.15, 0.2) is 6.10 Å². The maximum absolute atomic E-state index is 13.4. The van der Waals surface area contributed by atoms with Crippen molar-refractivity contribution in [3.8, 4) is 0 Å². The maximum Gasteiger partial charge on any atom is 0.411 e. The molecule has 46 heavy (non-hydrogen) atoms. The molecule has 3 saturated heterocycles. The summed E-state index contributed by atoms with van der Waals surface area (Å²) in [5.41, 5.74) is -0.374. The summed E-state index contributed by atoms with van der Waals surface area (Å²) in [7, 11) is 4.43. The number of esters is 1. The lowest BCUT2D eigenvalue weighted by atomic mass is 9.87. The van der Waals surface area contributed by atoms with Crippen molar-refractivity contribution in [1.29, 1.82) is 0 Å². The van der Waals surface area contributed by atoms with Gasteiger partial charge in [0.05, 0.1) is 51.5 Å². The van der Waals surface area contributed by atoms with Gasteiger partial charge in [0.1, 0.15) is 17.7 Å². The first kappa shape index (κ1) is 36.6. The van der Waals surface area contributed by atoms with Crippen LogP contribution in [-0.4, -0.2) is 107 Å². The second-order valence-corrected chi connectivity index (χ2v) is 15.8. The monoisotopic (exact) mass is 645 g/mol. The zero-order valence-corrected chi connectivity index (χ0v) is 29.7. The molecule has 0 aromatic carbocycles. The summed E-state index contributed by atoms with van der Waals surface area (Å²) in [6.45, 7) is 15.4. The molecule has 4 aliphatic rings. The summed E-state index contributed by atoms with van der Waals surface area (Å²) in [5, 5.41) is 21.7. The fraction of sp³-hybridized carbons (Fsp3) is 0.784. The Morgan fingerprint density at radius 3 is 2.61 bits per heavy atom. The molecule has 0 unspecified atom stereocenters. The number of carbonyl (C=O) groups excluding carboxylic acids is 2. The van der Waals surface area contributed by atoms with Gasteiger partial charge in [-0.05, 0) is 63.0 Å². The fourth-order valence-electron chi connectivity index (χ4n) is 7.62. The van der Waals surface area contributed by atoms with Crippen LogP contribution in [0.5, 0.6) is 0 Å². The first-order chi connectivity index (χ1) is 21.5. The van der Waals surface area contributed by atoms with Crippen molar-refractivity contribution in [3.63, 3.8) is 0 Å². The number of nitrogens with zero attached hydrogens (tertiary/aromatic N) is 2. The Labute approximate surface area is 277 Å². The van der Waals surface area contributed by atoms with Gasteiger partial charge in [-0.1, -0.05) is 58.9 Å². The number of carbonyl (C=O) groups is 2. The molecule has 260 valence electrons. The van der Waals surface area contributed by atoms with Crippen LogP contribution in [0.4, 0.5) is 4.79 Å². The second-order valence-electron chi connectivity index (χ2n) is 15.8. The molecule has 0 aromatic rings. The number of piperazine rings is 1. The van der Waals surface area contributed by atoms with Gasteiger partial charge in [-0.3, -0.25) is 9.69 Å². The highest BCUT2D eigenvalue weighted by atomic mass is 16.6. The Balaban J connectivity index is 1.44. The van der Waals surface area contributed by atoms with E-state index in [1.165, 1.54) is 0 Å².